The van der Waals surface area contributed by atoms with Gasteiger partial charge in [-0.15, -0.1) is 11.3 Å². The van der Waals surface area contributed by atoms with Gasteiger partial charge in [-0.25, -0.2) is 9.97 Å². The first-order valence-corrected chi connectivity index (χ1v) is 8.86. The minimum absolute atomic E-state index is 0.310. The Morgan fingerprint density at radius 2 is 2.00 bits per heavy atom. The molecule has 2 aromatic heterocycles. The lowest BCUT2D eigenvalue weighted by Gasteiger charge is -2.36. The lowest BCUT2D eigenvalue weighted by atomic mass is 9.88. The van der Waals surface area contributed by atoms with E-state index >= 15 is 0 Å². The molecule has 3 nitrogen and oxygen atoms in total. The zero-order valence-electron chi connectivity index (χ0n) is 12.6. The van der Waals surface area contributed by atoms with E-state index in [1.165, 1.54) is 25.6 Å². The van der Waals surface area contributed by atoms with Gasteiger partial charge in [-0.05, 0) is 30.7 Å². The highest BCUT2D eigenvalue weighted by molar-refractivity contribution is 7.18. The topological polar surface area (TPSA) is 29.0 Å². The molecular formula is C16H18F3N3S. The summed E-state index contributed by atoms with van der Waals surface area (Å²) in [5.74, 6) is 2.35. The molecular weight excluding hydrogens is 323 g/mol. The zero-order chi connectivity index (χ0) is 16.0. The third kappa shape index (κ3) is 3.03. The maximum Gasteiger partial charge on any atom is 0.393 e. The van der Waals surface area contributed by atoms with Crippen molar-refractivity contribution in [3.63, 3.8) is 0 Å². The summed E-state index contributed by atoms with van der Waals surface area (Å²) in [6.07, 6.45) is 1.46. The molecule has 2 atom stereocenters. The summed E-state index contributed by atoms with van der Waals surface area (Å²) in [6, 6.07) is 1.63. The molecule has 1 saturated heterocycles. The van der Waals surface area contributed by atoms with E-state index in [1.807, 2.05) is 0 Å². The van der Waals surface area contributed by atoms with Gasteiger partial charge >= 0.3 is 6.18 Å². The highest BCUT2D eigenvalue weighted by Gasteiger charge is 2.34. The van der Waals surface area contributed by atoms with Crippen LogP contribution in [0.15, 0.2) is 12.4 Å². The Kier molecular flexibility index (Phi) is 3.70. The summed E-state index contributed by atoms with van der Waals surface area (Å²) in [5, 5.41) is 0.771. The van der Waals surface area contributed by atoms with Crippen LogP contribution in [-0.4, -0.2) is 29.2 Å². The number of halogens is 3. The number of anilines is 1. The Labute approximate surface area is 136 Å². The van der Waals surface area contributed by atoms with Crippen molar-refractivity contribution < 1.29 is 13.2 Å². The summed E-state index contributed by atoms with van der Waals surface area (Å²) >= 11 is 1.12. The maximum absolute atomic E-state index is 12.6. The van der Waals surface area contributed by atoms with Crippen LogP contribution >= 0.6 is 11.3 Å². The van der Waals surface area contributed by atoms with Gasteiger partial charge in [0, 0.05) is 18.0 Å². The predicted octanol–water partition coefficient (Wildman–Crippen LogP) is 4.42. The number of hydrogen-bond acceptors (Lipinski definition) is 4. The smallest absolute Gasteiger partial charge is 0.356 e. The molecule has 0 bridgehead atoms. The molecule has 0 aromatic carbocycles. The molecule has 124 valence electrons. The van der Waals surface area contributed by atoms with Gasteiger partial charge in [0.2, 0.25) is 0 Å². The number of rotatable bonds is 2. The Bertz CT molecular complexity index is 712. The second-order valence-corrected chi connectivity index (χ2v) is 7.72. The minimum Gasteiger partial charge on any atom is -0.356 e. The maximum atomic E-state index is 12.6. The fraction of sp³-hybridized carbons (Fsp3) is 0.625. The van der Waals surface area contributed by atoms with Gasteiger partial charge in [0.15, 0.2) is 0 Å². The number of nitrogens with zero attached hydrogens (tertiary/aromatic N) is 3. The van der Waals surface area contributed by atoms with Crippen molar-refractivity contribution in [2.45, 2.75) is 38.3 Å². The molecule has 1 aliphatic heterocycles. The molecule has 2 aromatic rings. The second kappa shape index (κ2) is 5.61. The van der Waals surface area contributed by atoms with E-state index < -0.39 is 12.6 Å². The van der Waals surface area contributed by atoms with Gasteiger partial charge in [-0.3, -0.25) is 0 Å². The summed E-state index contributed by atoms with van der Waals surface area (Å²) < 4.78 is 37.9. The highest BCUT2D eigenvalue weighted by atomic mass is 32.1. The van der Waals surface area contributed by atoms with E-state index in [1.54, 1.807) is 6.07 Å². The molecule has 4 rings (SSSR count). The zero-order valence-corrected chi connectivity index (χ0v) is 13.5. The van der Waals surface area contributed by atoms with Crippen molar-refractivity contribution in [3.05, 3.63) is 17.3 Å². The van der Waals surface area contributed by atoms with Crippen LogP contribution in [0, 0.1) is 11.8 Å². The molecule has 0 amide bonds. The average Bonchev–Trinajstić information content (AvgIpc) is 3.09. The van der Waals surface area contributed by atoms with Gasteiger partial charge in [0.1, 0.15) is 17.0 Å². The first-order valence-electron chi connectivity index (χ1n) is 8.05. The van der Waals surface area contributed by atoms with Crippen molar-refractivity contribution in [2.24, 2.45) is 11.8 Å². The van der Waals surface area contributed by atoms with E-state index in [-0.39, 0.29) is 0 Å². The van der Waals surface area contributed by atoms with Crippen LogP contribution in [0.3, 0.4) is 0 Å². The third-order valence-corrected chi connectivity index (χ3v) is 6.12. The number of thiophene rings is 1. The molecule has 7 heteroatoms. The third-order valence-electron chi connectivity index (χ3n) is 5.07. The predicted molar refractivity (Wildman–Crippen MR) is 84.8 cm³/mol. The van der Waals surface area contributed by atoms with E-state index in [4.69, 9.17) is 0 Å². The molecule has 2 fully saturated rings. The summed E-state index contributed by atoms with van der Waals surface area (Å²) in [4.78, 5) is 11.8. The van der Waals surface area contributed by atoms with Crippen LogP contribution in [0.2, 0.25) is 0 Å². The van der Waals surface area contributed by atoms with Gasteiger partial charge in [0.25, 0.3) is 0 Å². The Hall–Kier alpha value is -1.37. The van der Waals surface area contributed by atoms with Crippen molar-refractivity contribution in [1.82, 2.24) is 9.97 Å². The molecule has 0 spiro atoms. The monoisotopic (exact) mass is 341 g/mol. The summed E-state index contributed by atoms with van der Waals surface area (Å²) in [5.41, 5.74) is 0. The minimum atomic E-state index is -4.18. The van der Waals surface area contributed by atoms with E-state index in [9.17, 15) is 13.2 Å². The van der Waals surface area contributed by atoms with Gasteiger partial charge in [-0.1, -0.05) is 12.8 Å². The molecule has 0 N–H and O–H groups in total. The average molecular weight is 341 g/mol. The SMILES string of the molecule is FC(F)(F)Cc1cc2c(N3CC[C@@H]4CCC[C@@H]4C3)ncnc2s1. The fourth-order valence-corrected chi connectivity index (χ4v) is 5.07. The number of piperidine rings is 1. The Morgan fingerprint density at radius 3 is 2.83 bits per heavy atom. The Balaban J connectivity index is 1.64. The van der Waals surface area contributed by atoms with Gasteiger partial charge in [0.05, 0.1) is 11.8 Å². The van der Waals surface area contributed by atoms with E-state index in [2.05, 4.69) is 14.9 Å². The number of hydrogen-bond donors (Lipinski definition) is 0. The van der Waals surface area contributed by atoms with Crippen LogP contribution in [0.4, 0.5) is 19.0 Å². The first-order chi connectivity index (χ1) is 11.0. The first kappa shape index (κ1) is 15.2. The van der Waals surface area contributed by atoms with Crippen molar-refractivity contribution in [3.8, 4) is 0 Å². The Morgan fingerprint density at radius 1 is 1.17 bits per heavy atom. The lowest BCUT2D eigenvalue weighted by molar-refractivity contribution is -0.126. The normalized spacial score (nSPS) is 25.1. The van der Waals surface area contributed by atoms with Crippen LogP contribution in [0.5, 0.6) is 0 Å². The molecule has 0 unspecified atom stereocenters. The van der Waals surface area contributed by atoms with Crippen LogP contribution in [-0.2, 0) is 6.42 Å². The van der Waals surface area contributed by atoms with Crippen molar-refractivity contribution in [1.29, 1.82) is 0 Å². The molecule has 23 heavy (non-hydrogen) atoms. The summed E-state index contributed by atoms with van der Waals surface area (Å²) in [7, 11) is 0. The van der Waals surface area contributed by atoms with Crippen LogP contribution in [0.1, 0.15) is 30.6 Å². The molecule has 1 saturated carbocycles. The quantitative estimate of drug-likeness (QED) is 0.809. The number of aromatic nitrogens is 2. The number of alkyl halides is 3. The molecule has 2 aliphatic rings. The van der Waals surface area contributed by atoms with Gasteiger partial charge < -0.3 is 4.90 Å². The van der Waals surface area contributed by atoms with Gasteiger partial charge in [-0.2, -0.15) is 13.2 Å². The van der Waals surface area contributed by atoms with Crippen molar-refractivity contribution >= 4 is 27.4 Å². The highest BCUT2D eigenvalue weighted by Crippen LogP contribution is 2.40. The molecule has 3 heterocycles. The molecule has 1 aliphatic carbocycles. The standard InChI is InChI=1S/C16H18F3N3S/c17-16(18,19)7-12-6-13-14(20-9-21-15(13)23-12)22-5-4-10-2-1-3-11(10)8-22/h6,9-11H,1-5,7-8H2/t10-,11+/m0/s1. The van der Waals surface area contributed by atoms with Crippen molar-refractivity contribution in [2.75, 3.05) is 18.0 Å². The lowest BCUT2D eigenvalue weighted by Crippen LogP contribution is -2.38. The summed E-state index contributed by atoms with van der Waals surface area (Å²) in [6.45, 7) is 1.92. The van der Waals surface area contributed by atoms with E-state index in [0.717, 1.165) is 48.0 Å². The van der Waals surface area contributed by atoms with Crippen LogP contribution < -0.4 is 4.90 Å². The van der Waals surface area contributed by atoms with Crippen LogP contribution in [0.25, 0.3) is 10.2 Å². The largest absolute Gasteiger partial charge is 0.393 e. The van der Waals surface area contributed by atoms with E-state index in [0.29, 0.717) is 15.6 Å². The number of fused-ring (bicyclic) bond motifs is 2. The second-order valence-electron chi connectivity index (χ2n) is 6.61. The molecule has 0 radical (unpaired) electrons. The fourth-order valence-electron chi connectivity index (χ4n) is 4.05.